The summed E-state index contributed by atoms with van der Waals surface area (Å²) in [6, 6.07) is 14.8. The summed E-state index contributed by atoms with van der Waals surface area (Å²) in [6.45, 7) is 8.20. The van der Waals surface area contributed by atoms with Crippen molar-refractivity contribution in [2.75, 3.05) is 4.72 Å². The third-order valence-electron chi connectivity index (χ3n) is 5.65. The number of anilines is 1. The van der Waals surface area contributed by atoms with E-state index in [2.05, 4.69) is 33.5 Å². The normalized spacial score (nSPS) is 12.2. The van der Waals surface area contributed by atoms with Gasteiger partial charge in [-0.2, -0.15) is 0 Å². The lowest BCUT2D eigenvalue weighted by atomic mass is 9.97. The molecule has 4 rings (SSSR count). The third kappa shape index (κ3) is 5.98. The van der Waals surface area contributed by atoms with Crippen LogP contribution in [0.5, 0.6) is 0 Å². The van der Waals surface area contributed by atoms with Crippen molar-refractivity contribution in [1.29, 1.82) is 0 Å². The summed E-state index contributed by atoms with van der Waals surface area (Å²) >= 11 is 0. The van der Waals surface area contributed by atoms with Crippen LogP contribution in [0, 0.1) is 5.92 Å². The summed E-state index contributed by atoms with van der Waals surface area (Å²) in [5, 5.41) is 10.4. The van der Waals surface area contributed by atoms with Crippen LogP contribution in [0.1, 0.15) is 44.6 Å². The van der Waals surface area contributed by atoms with Crippen molar-refractivity contribution in [3.63, 3.8) is 0 Å². The Morgan fingerprint density at radius 3 is 2.28 bits per heavy atom. The van der Waals surface area contributed by atoms with Gasteiger partial charge in [0.2, 0.25) is 5.95 Å². The summed E-state index contributed by atoms with van der Waals surface area (Å²) in [4.78, 5) is 12.4. The minimum atomic E-state index is -3.93. The summed E-state index contributed by atoms with van der Waals surface area (Å²) in [6.07, 6.45) is 7.31. The zero-order valence-corrected chi connectivity index (χ0v) is 21.7. The van der Waals surface area contributed by atoms with Crippen molar-refractivity contribution in [3.05, 3.63) is 90.3 Å². The Morgan fingerprint density at radius 1 is 0.972 bits per heavy atom. The van der Waals surface area contributed by atoms with Gasteiger partial charge in [-0.15, -0.1) is 0 Å². The average Bonchev–Trinajstić information content (AvgIpc) is 3.28. The van der Waals surface area contributed by atoms with E-state index >= 15 is 0 Å². The van der Waals surface area contributed by atoms with E-state index in [0.717, 1.165) is 23.1 Å². The summed E-state index contributed by atoms with van der Waals surface area (Å²) in [7, 11) is -3.93. The second-order valence-corrected chi connectivity index (χ2v) is 11.4. The van der Waals surface area contributed by atoms with Gasteiger partial charge in [-0.3, -0.25) is 0 Å². The molecule has 0 fully saturated rings. The number of imidazole rings is 1. The first-order chi connectivity index (χ1) is 17.0. The van der Waals surface area contributed by atoms with Crippen molar-refractivity contribution in [2.45, 2.75) is 51.2 Å². The topological polar surface area (TPSA) is 110 Å². The molecule has 0 aliphatic heterocycles. The monoisotopic (exact) mass is 505 g/mol. The zero-order chi connectivity index (χ0) is 25.9. The van der Waals surface area contributed by atoms with Crippen LogP contribution in [-0.4, -0.2) is 33.0 Å². The maximum atomic E-state index is 13.3. The molecule has 8 nitrogen and oxygen atoms in total. The van der Waals surface area contributed by atoms with Gasteiger partial charge in [0.25, 0.3) is 10.0 Å². The van der Waals surface area contributed by atoms with E-state index < -0.39 is 15.6 Å². The molecule has 0 aliphatic rings. The van der Waals surface area contributed by atoms with Crippen LogP contribution >= 0.6 is 0 Å². The van der Waals surface area contributed by atoms with Crippen molar-refractivity contribution >= 4 is 16.0 Å². The maximum absolute atomic E-state index is 13.3. The predicted molar refractivity (Wildman–Crippen MR) is 140 cm³/mol. The lowest BCUT2D eigenvalue weighted by Gasteiger charge is -2.19. The van der Waals surface area contributed by atoms with Gasteiger partial charge in [0.15, 0.2) is 0 Å². The van der Waals surface area contributed by atoms with Gasteiger partial charge in [-0.25, -0.2) is 28.1 Å². The number of aliphatic hydroxyl groups is 1. The van der Waals surface area contributed by atoms with Crippen LogP contribution in [-0.2, 0) is 28.6 Å². The summed E-state index contributed by atoms with van der Waals surface area (Å²) in [5.41, 5.74) is 2.40. The molecule has 0 amide bonds. The molecule has 0 saturated heterocycles. The van der Waals surface area contributed by atoms with Crippen LogP contribution in [0.15, 0.2) is 78.2 Å². The molecule has 188 valence electrons. The van der Waals surface area contributed by atoms with Gasteiger partial charge < -0.3 is 9.67 Å². The van der Waals surface area contributed by atoms with E-state index in [9.17, 15) is 13.5 Å². The Labute approximate surface area is 212 Å². The first-order valence-electron chi connectivity index (χ1n) is 11.8. The molecule has 2 heterocycles. The van der Waals surface area contributed by atoms with Crippen LogP contribution in [0.3, 0.4) is 0 Å². The van der Waals surface area contributed by atoms with Gasteiger partial charge in [0.1, 0.15) is 11.4 Å². The highest BCUT2D eigenvalue weighted by atomic mass is 32.2. The van der Waals surface area contributed by atoms with E-state index in [1.165, 1.54) is 12.4 Å². The minimum Gasteiger partial charge on any atom is -0.383 e. The van der Waals surface area contributed by atoms with E-state index in [1.54, 1.807) is 32.2 Å². The largest absolute Gasteiger partial charge is 0.383 e. The predicted octanol–water partition coefficient (Wildman–Crippen LogP) is 4.62. The molecular weight excluding hydrogens is 474 g/mol. The van der Waals surface area contributed by atoms with E-state index in [4.69, 9.17) is 0 Å². The smallest absolute Gasteiger partial charge is 0.264 e. The van der Waals surface area contributed by atoms with Crippen LogP contribution in [0.2, 0.25) is 0 Å². The molecule has 0 bridgehead atoms. The molecule has 0 saturated carbocycles. The number of hydrogen-bond acceptors (Lipinski definition) is 6. The first-order valence-corrected chi connectivity index (χ1v) is 13.3. The standard InChI is InChI=1S/C27H31N5O3S/c1-19(2)16-21-8-11-24(36(34,35)31-26-29-12-5-13-30-26)23(17-21)22-9-6-20(7-10-22)18-32-15-14-28-25(32)27(3,4)33/h5-15,17,19,33H,16,18H2,1-4H3,(H,29,30,31). The Hall–Kier alpha value is -3.56. The summed E-state index contributed by atoms with van der Waals surface area (Å²) in [5.74, 6) is 1.03. The lowest BCUT2D eigenvalue weighted by Crippen LogP contribution is -2.22. The van der Waals surface area contributed by atoms with Crippen LogP contribution < -0.4 is 4.72 Å². The van der Waals surface area contributed by atoms with Gasteiger partial charge in [-0.05, 0) is 61.1 Å². The second-order valence-electron chi connectivity index (χ2n) is 9.74. The molecule has 0 unspecified atom stereocenters. The number of sulfonamides is 1. The molecule has 2 aromatic heterocycles. The van der Waals surface area contributed by atoms with Gasteiger partial charge in [0, 0.05) is 36.9 Å². The number of rotatable bonds is 9. The molecule has 0 aliphatic carbocycles. The molecule has 4 aromatic rings. The van der Waals surface area contributed by atoms with Gasteiger partial charge in [0.05, 0.1) is 4.90 Å². The van der Waals surface area contributed by atoms with E-state index in [0.29, 0.717) is 23.9 Å². The average molecular weight is 506 g/mol. The maximum Gasteiger partial charge on any atom is 0.264 e. The molecule has 2 aromatic carbocycles. The Bertz CT molecular complexity index is 1420. The lowest BCUT2D eigenvalue weighted by molar-refractivity contribution is 0.0652. The van der Waals surface area contributed by atoms with Gasteiger partial charge in [-0.1, -0.05) is 44.2 Å². The number of nitrogens with zero attached hydrogens (tertiary/aromatic N) is 4. The molecule has 36 heavy (non-hydrogen) atoms. The quantitative estimate of drug-likeness (QED) is 0.344. The number of aromatic nitrogens is 4. The molecule has 2 N–H and O–H groups in total. The fraction of sp³-hybridized carbons (Fsp3) is 0.296. The first kappa shape index (κ1) is 25.5. The Balaban J connectivity index is 1.69. The zero-order valence-electron chi connectivity index (χ0n) is 20.9. The van der Waals surface area contributed by atoms with Crippen LogP contribution in [0.25, 0.3) is 11.1 Å². The minimum absolute atomic E-state index is 0.0213. The molecule has 0 atom stereocenters. The van der Waals surface area contributed by atoms with Crippen molar-refractivity contribution < 1.29 is 13.5 Å². The molecule has 9 heteroatoms. The fourth-order valence-corrected chi connectivity index (χ4v) is 5.28. The SMILES string of the molecule is CC(C)Cc1ccc(S(=O)(=O)Nc2ncccn2)c(-c2ccc(Cn3ccnc3C(C)(C)O)cc2)c1. The van der Waals surface area contributed by atoms with E-state index in [1.807, 2.05) is 47.2 Å². The molecule has 0 spiro atoms. The fourth-order valence-electron chi connectivity index (χ4n) is 4.11. The number of nitrogens with one attached hydrogen (secondary N) is 1. The number of benzene rings is 2. The number of hydrogen-bond donors (Lipinski definition) is 2. The Morgan fingerprint density at radius 2 is 1.64 bits per heavy atom. The highest BCUT2D eigenvalue weighted by molar-refractivity contribution is 7.92. The second kappa shape index (κ2) is 10.2. The Kier molecular flexibility index (Phi) is 7.23. The van der Waals surface area contributed by atoms with Crippen LogP contribution in [0.4, 0.5) is 5.95 Å². The van der Waals surface area contributed by atoms with Crippen molar-refractivity contribution in [3.8, 4) is 11.1 Å². The highest BCUT2D eigenvalue weighted by Gasteiger charge is 2.23. The third-order valence-corrected chi connectivity index (χ3v) is 7.04. The van der Waals surface area contributed by atoms with Crippen molar-refractivity contribution in [2.24, 2.45) is 5.92 Å². The summed E-state index contributed by atoms with van der Waals surface area (Å²) < 4.78 is 31.0. The van der Waals surface area contributed by atoms with Gasteiger partial charge >= 0.3 is 0 Å². The molecular formula is C27H31N5O3S. The van der Waals surface area contributed by atoms with Crippen molar-refractivity contribution in [1.82, 2.24) is 19.5 Å². The van der Waals surface area contributed by atoms with E-state index in [-0.39, 0.29) is 10.8 Å². The highest BCUT2D eigenvalue weighted by Crippen LogP contribution is 2.31. The molecule has 0 radical (unpaired) electrons.